The number of fused-ring (bicyclic) bond motifs is 3. The Morgan fingerprint density at radius 3 is 2.67 bits per heavy atom. The lowest BCUT2D eigenvalue weighted by molar-refractivity contribution is -0.135. The van der Waals surface area contributed by atoms with E-state index in [1.54, 1.807) is 31.3 Å². The fourth-order valence-corrected chi connectivity index (χ4v) is 7.38. The topological polar surface area (TPSA) is 110 Å². The van der Waals surface area contributed by atoms with E-state index < -0.39 is 6.04 Å². The van der Waals surface area contributed by atoms with Gasteiger partial charge in [-0.1, -0.05) is 24.3 Å². The molecule has 10 heteroatoms. The highest BCUT2D eigenvalue weighted by atomic mass is 19.1. The van der Waals surface area contributed by atoms with Crippen LogP contribution in [0.2, 0.25) is 0 Å². The van der Waals surface area contributed by atoms with Crippen LogP contribution in [-0.4, -0.2) is 85.0 Å². The highest BCUT2D eigenvalue weighted by Crippen LogP contribution is 2.52. The number of aromatic amines is 1. The number of nitrogens with one attached hydrogen (secondary N) is 4. The first kappa shape index (κ1) is 29.2. The molecule has 1 aromatic heterocycles. The Kier molecular flexibility index (Phi) is 8.13. The standard InChI is InChI=1S/C33H41FN6O3/c1-39(2)30(41)26-18-33(27-8-4-3-7-24(26)27)11-14-40(15-12-33)31(42)29(38-32(43)37-23-6-5-13-35-20-23)16-21-19-36-28-10-9-22(34)17-25(21)28/h3-4,7-10,17,19,23,26,29,35-36H,5-6,11-16,18,20H2,1-2H3,(H2,37,38,43)/t23-,26-,29-/m1/s1. The van der Waals surface area contributed by atoms with Gasteiger partial charge in [-0.15, -0.1) is 0 Å². The lowest BCUT2D eigenvalue weighted by atomic mass is 9.73. The quantitative estimate of drug-likeness (QED) is 0.354. The third-order valence-electron chi connectivity index (χ3n) is 9.66. The maximum Gasteiger partial charge on any atom is 0.315 e. The summed E-state index contributed by atoms with van der Waals surface area (Å²) in [6, 6.07) is 11.6. The van der Waals surface area contributed by atoms with Crippen LogP contribution in [0.25, 0.3) is 10.9 Å². The van der Waals surface area contributed by atoms with Crippen LogP contribution in [0.3, 0.4) is 0 Å². The highest BCUT2D eigenvalue weighted by molar-refractivity contribution is 5.90. The van der Waals surface area contributed by atoms with E-state index in [4.69, 9.17) is 0 Å². The van der Waals surface area contributed by atoms with Crippen molar-refractivity contribution in [2.24, 2.45) is 0 Å². The van der Waals surface area contributed by atoms with E-state index >= 15 is 0 Å². The normalized spacial score (nSPS) is 21.8. The van der Waals surface area contributed by atoms with Crippen LogP contribution in [0.15, 0.2) is 48.7 Å². The molecule has 3 aliphatic rings. The van der Waals surface area contributed by atoms with Crippen LogP contribution in [-0.2, 0) is 21.4 Å². The summed E-state index contributed by atoms with van der Waals surface area (Å²) < 4.78 is 14.1. The molecule has 0 saturated carbocycles. The van der Waals surface area contributed by atoms with Gasteiger partial charge in [-0.3, -0.25) is 9.59 Å². The minimum absolute atomic E-state index is 0.00166. The molecular formula is C33H41FN6O3. The highest BCUT2D eigenvalue weighted by Gasteiger charge is 2.48. The van der Waals surface area contributed by atoms with Crippen molar-refractivity contribution >= 4 is 28.7 Å². The second kappa shape index (κ2) is 12.0. The number of amides is 4. The SMILES string of the molecule is CN(C)C(=O)[C@@H]1CC2(CCN(C(=O)[C@@H](Cc3c[nH]c4ccc(F)cc34)NC(=O)N[C@@H]3CCCNC3)CC2)c2ccccc21. The Balaban J connectivity index is 1.20. The van der Waals surface area contributed by atoms with E-state index in [-0.39, 0.29) is 47.5 Å². The van der Waals surface area contributed by atoms with Gasteiger partial charge in [0.05, 0.1) is 5.92 Å². The van der Waals surface area contributed by atoms with Crippen molar-refractivity contribution in [3.8, 4) is 0 Å². The molecule has 1 aliphatic carbocycles. The van der Waals surface area contributed by atoms with Crippen LogP contribution >= 0.6 is 0 Å². The third-order valence-corrected chi connectivity index (χ3v) is 9.66. The molecule has 2 saturated heterocycles. The fourth-order valence-electron chi connectivity index (χ4n) is 7.38. The second-order valence-electron chi connectivity index (χ2n) is 12.6. The van der Waals surface area contributed by atoms with Gasteiger partial charge in [0, 0.05) is 68.7 Å². The molecule has 4 amide bonds. The smallest absolute Gasteiger partial charge is 0.315 e. The molecule has 4 N–H and O–H groups in total. The minimum atomic E-state index is -0.813. The van der Waals surface area contributed by atoms with Gasteiger partial charge in [-0.05, 0) is 73.5 Å². The Morgan fingerprint density at radius 2 is 1.93 bits per heavy atom. The molecule has 6 rings (SSSR count). The van der Waals surface area contributed by atoms with Gasteiger partial charge in [-0.25, -0.2) is 9.18 Å². The Hall–Kier alpha value is -3.92. The van der Waals surface area contributed by atoms with Crippen LogP contribution in [0.1, 0.15) is 54.7 Å². The molecule has 3 atom stereocenters. The van der Waals surface area contributed by atoms with Crippen molar-refractivity contribution in [2.75, 3.05) is 40.3 Å². The molecule has 3 aromatic rings. The zero-order valence-corrected chi connectivity index (χ0v) is 24.9. The molecule has 2 aromatic carbocycles. The monoisotopic (exact) mass is 588 g/mol. The number of piperidine rings is 2. The fraction of sp³-hybridized carbons (Fsp3) is 0.485. The maximum atomic E-state index is 14.1. The van der Waals surface area contributed by atoms with Gasteiger partial charge in [0.2, 0.25) is 11.8 Å². The summed E-state index contributed by atoms with van der Waals surface area (Å²) >= 11 is 0. The van der Waals surface area contributed by atoms with Crippen LogP contribution in [0.4, 0.5) is 9.18 Å². The van der Waals surface area contributed by atoms with Crippen molar-refractivity contribution < 1.29 is 18.8 Å². The first-order valence-electron chi connectivity index (χ1n) is 15.4. The number of carbonyl (C=O) groups excluding carboxylic acids is 3. The van der Waals surface area contributed by atoms with Crippen LogP contribution < -0.4 is 16.0 Å². The van der Waals surface area contributed by atoms with E-state index in [0.29, 0.717) is 25.0 Å². The van der Waals surface area contributed by atoms with Gasteiger partial charge < -0.3 is 30.7 Å². The molecule has 1 spiro atoms. The van der Waals surface area contributed by atoms with Gasteiger partial charge in [0.1, 0.15) is 11.9 Å². The Labute approximate surface area is 251 Å². The summed E-state index contributed by atoms with van der Waals surface area (Å²) in [5.74, 6) is -0.565. The molecule has 3 heterocycles. The molecule has 0 unspecified atom stereocenters. The van der Waals surface area contributed by atoms with Crippen molar-refractivity contribution in [1.29, 1.82) is 0 Å². The number of rotatable bonds is 6. The molecule has 228 valence electrons. The number of halogens is 1. The number of H-pyrrole nitrogens is 1. The average Bonchev–Trinajstić information content (AvgIpc) is 3.55. The largest absolute Gasteiger partial charge is 0.361 e. The summed E-state index contributed by atoms with van der Waals surface area (Å²) in [6.45, 7) is 2.69. The summed E-state index contributed by atoms with van der Waals surface area (Å²) in [5, 5.41) is 9.98. The summed E-state index contributed by atoms with van der Waals surface area (Å²) in [6.07, 6.45) is 6.13. The van der Waals surface area contributed by atoms with Crippen molar-refractivity contribution in [1.82, 2.24) is 30.7 Å². The van der Waals surface area contributed by atoms with E-state index in [9.17, 15) is 18.8 Å². The number of aromatic nitrogens is 1. The summed E-state index contributed by atoms with van der Waals surface area (Å²) in [7, 11) is 3.60. The number of benzene rings is 2. The zero-order chi connectivity index (χ0) is 30.1. The van der Waals surface area contributed by atoms with Gasteiger partial charge in [0.15, 0.2) is 0 Å². The summed E-state index contributed by atoms with van der Waals surface area (Å²) in [5.41, 5.74) is 3.71. The third kappa shape index (κ3) is 5.85. The number of likely N-dealkylation sites (N-methyl/N-ethyl adjacent to an activating group) is 1. The van der Waals surface area contributed by atoms with E-state index in [1.165, 1.54) is 17.7 Å². The molecular weight excluding hydrogens is 547 g/mol. The minimum Gasteiger partial charge on any atom is -0.361 e. The molecule has 43 heavy (non-hydrogen) atoms. The van der Waals surface area contributed by atoms with E-state index in [0.717, 1.165) is 55.3 Å². The summed E-state index contributed by atoms with van der Waals surface area (Å²) in [4.78, 5) is 47.0. The molecule has 9 nitrogen and oxygen atoms in total. The first-order chi connectivity index (χ1) is 20.7. The Bertz CT molecular complexity index is 1510. The van der Waals surface area contributed by atoms with Crippen LogP contribution in [0.5, 0.6) is 0 Å². The molecule has 0 radical (unpaired) electrons. The number of urea groups is 1. The Morgan fingerprint density at radius 1 is 1.14 bits per heavy atom. The van der Waals surface area contributed by atoms with Crippen molar-refractivity contribution in [3.63, 3.8) is 0 Å². The number of hydrogen-bond acceptors (Lipinski definition) is 4. The predicted molar refractivity (Wildman–Crippen MR) is 163 cm³/mol. The number of carbonyl (C=O) groups is 3. The van der Waals surface area contributed by atoms with Crippen LogP contribution in [0, 0.1) is 5.82 Å². The van der Waals surface area contributed by atoms with Gasteiger partial charge in [-0.2, -0.15) is 0 Å². The lowest BCUT2D eigenvalue weighted by Gasteiger charge is -2.41. The zero-order valence-electron chi connectivity index (χ0n) is 24.9. The van der Waals surface area contributed by atoms with Crippen molar-refractivity contribution in [3.05, 3.63) is 71.2 Å². The second-order valence-corrected chi connectivity index (χ2v) is 12.6. The molecule has 2 aliphatic heterocycles. The van der Waals surface area contributed by atoms with Crippen molar-refractivity contribution in [2.45, 2.75) is 61.9 Å². The average molecular weight is 589 g/mol. The lowest BCUT2D eigenvalue weighted by Crippen LogP contribution is -2.57. The predicted octanol–water partition coefficient (Wildman–Crippen LogP) is 3.41. The number of likely N-dealkylation sites (tertiary alicyclic amines) is 1. The van der Waals surface area contributed by atoms with Gasteiger partial charge >= 0.3 is 6.03 Å². The molecule has 2 fully saturated rings. The number of hydrogen-bond donors (Lipinski definition) is 4. The number of nitrogens with zero attached hydrogens (tertiary/aromatic N) is 2. The van der Waals surface area contributed by atoms with Gasteiger partial charge in [0.25, 0.3) is 0 Å². The first-order valence-corrected chi connectivity index (χ1v) is 15.4. The molecule has 0 bridgehead atoms. The van der Waals surface area contributed by atoms with E-state index in [1.807, 2.05) is 17.0 Å². The maximum absolute atomic E-state index is 14.1. The van der Waals surface area contributed by atoms with E-state index in [2.05, 4.69) is 33.1 Å².